The second-order valence-electron chi connectivity index (χ2n) is 7.11. The van der Waals surface area contributed by atoms with Crippen LogP contribution in [0.2, 0.25) is 0 Å². The number of hydrogen-bond acceptors (Lipinski definition) is 2. The summed E-state index contributed by atoms with van der Waals surface area (Å²) >= 11 is 0. The molecule has 2 amide bonds. The number of fused-ring (bicyclic) bond motifs is 1. The Morgan fingerprint density at radius 3 is 2.85 bits per heavy atom. The minimum absolute atomic E-state index is 0.0242. The maximum Gasteiger partial charge on any atom is 0.318 e. The molecule has 136 valence electrons. The Morgan fingerprint density at radius 1 is 1.23 bits per heavy atom. The second-order valence-corrected chi connectivity index (χ2v) is 7.11. The average molecular weight is 351 g/mol. The van der Waals surface area contributed by atoms with E-state index in [1.54, 1.807) is 0 Å². The first-order valence-corrected chi connectivity index (χ1v) is 9.30. The van der Waals surface area contributed by atoms with Crippen molar-refractivity contribution >= 4 is 17.0 Å². The first kappa shape index (κ1) is 16.8. The van der Waals surface area contributed by atoms with Gasteiger partial charge in [-0.3, -0.25) is 0 Å². The van der Waals surface area contributed by atoms with Gasteiger partial charge < -0.3 is 19.2 Å². The van der Waals surface area contributed by atoms with E-state index in [0.717, 1.165) is 42.5 Å². The van der Waals surface area contributed by atoms with Gasteiger partial charge in [0.2, 0.25) is 0 Å². The lowest BCUT2D eigenvalue weighted by Gasteiger charge is -2.36. The molecule has 4 rings (SSSR count). The molecule has 0 bridgehead atoms. The highest BCUT2D eigenvalue weighted by Crippen LogP contribution is 2.31. The van der Waals surface area contributed by atoms with Gasteiger partial charge in [-0.05, 0) is 50.5 Å². The number of aryl methyl sites for hydroxylation is 1. The van der Waals surface area contributed by atoms with Gasteiger partial charge >= 0.3 is 6.03 Å². The quantitative estimate of drug-likeness (QED) is 0.739. The van der Waals surface area contributed by atoms with Gasteiger partial charge in [0.05, 0.1) is 12.1 Å². The Labute approximate surface area is 153 Å². The van der Waals surface area contributed by atoms with Crippen LogP contribution in [0.15, 0.2) is 53.1 Å². The van der Waals surface area contributed by atoms with Crippen molar-refractivity contribution in [2.75, 3.05) is 6.54 Å². The van der Waals surface area contributed by atoms with Gasteiger partial charge in [0, 0.05) is 30.9 Å². The lowest BCUT2D eigenvalue weighted by Crippen LogP contribution is -2.45. The normalized spacial score (nSPS) is 18.8. The molecular weight excluding hydrogens is 326 g/mol. The molecule has 0 radical (unpaired) electrons. The maximum absolute atomic E-state index is 13.0. The average Bonchev–Trinajstić information content (AvgIpc) is 3.27. The van der Waals surface area contributed by atoms with Crippen LogP contribution >= 0.6 is 0 Å². The van der Waals surface area contributed by atoms with E-state index < -0.39 is 0 Å². The fourth-order valence-electron chi connectivity index (χ4n) is 3.86. The number of carbonyl (C=O) groups is 1. The van der Waals surface area contributed by atoms with Crippen molar-refractivity contribution < 1.29 is 9.21 Å². The summed E-state index contributed by atoms with van der Waals surface area (Å²) in [6.07, 6.45) is 5.24. The van der Waals surface area contributed by atoms with Gasteiger partial charge in [0.1, 0.15) is 11.3 Å². The molecule has 1 N–H and O–H groups in total. The van der Waals surface area contributed by atoms with Gasteiger partial charge in [0.25, 0.3) is 0 Å². The highest BCUT2D eigenvalue weighted by atomic mass is 16.3. The SMILES string of the molecule is C[C@H](NC(=O)N1CCCCC1c1cccn1C)c1cc2ccccc2o1. The number of para-hydroxylation sites is 1. The van der Waals surface area contributed by atoms with Crippen molar-refractivity contribution in [1.82, 2.24) is 14.8 Å². The molecule has 26 heavy (non-hydrogen) atoms. The summed E-state index contributed by atoms with van der Waals surface area (Å²) in [5.74, 6) is 0.784. The molecule has 1 saturated heterocycles. The molecule has 2 aromatic heterocycles. The standard InChI is InChI=1S/C21H25N3O2/c1-15(20-14-16-8-3-4-11-19(16)26-20)22-21(25)24-13-6-5-9-18(24)17-10-7-12-23(17)2/h3-4,7-8,10-12,14-15,18H,5-6,9,13H2,1-2H3,(H,22,25)/t15-,18?/m0/s1. The van der Waals surface area contributed by atoms with Crippen LogP contribution in [-0.2, 0) is 7.05 Å². The zero-order valence-corrected chi connectivity index (χ0v) is 15.3. The largest absolute Gasteiger partial charge is 0.459 e. The molecule has 3 aromatic rings. The number of nitrogens with zero attached hydrogens (tertiary/aromatic N) is 2. The van der Waals surface area contributed by atoms with Crippen molar-refractivity contribution in [2.45, 2.75) is 38.3 Å². The van der Waals surface area contributed by atoms with Gasteiger partial charge in [-0.2, -0.15) is 0 Å². The number of hydrogen-bond donors (Lipinski definition) is 1. The number of likely N-dealkylation sites (tertiary alicyclic amines) is 1. The van der Waals surface area contributed by atoms with E-state index in [-0.39, 0.29) is 18.1 Å². The van der Waals surface area contributed by atoms with E-state index in [0.29, 0.717) is 0 Å². The number of piperidine rings is 1. The van der Waals surface area contributed by atoms with E-state index >= 15 is 0 Å². The molecule has 2 atom stereocenters. The number of aromatic nitrogens is 1. The maximum atomic E-state index is 13.0. The van der Waals surface area contributed by atoms with Crippen LogP contribution < -0.4 is 5.32 Å². The van der Waals surface area contributed by atoms with Crippen molar-refractivity contribution in [3.8, 4) is 0 Å². The van der Waals surface area contributed by atoms with Crippen molar-refractivity contribution in [3.05, 3.63) is 60.1 Å². The Kier molecular flexibility index (Phi) is 4.45. The summed E-state index contributed by atoms with van der Waals surface area (Å²) in [7, 11) is 2.04. The number of urea groups is 1. The highest BCUT2D eigenvalue weighted by molar-refractivity contribution is 5.79. The topological polar surface area (TPSA) is 50.4 Å². The number of nitrogens with one attached hydrogen (secondary N) is 1. The first-order chi connectivity index (χ1) is 12.6. The van der Waals surface area contributed by atoms with E-state index in [2.05, 4.69) is 16.0 Å². The molecule has 0 spiro atoms. The Balaban J connectivity index is 1.51. The number of carbonyl (C=O) groups excluding carboxylic acids is 1. The van der Waals surface area contributed by atoms with Crippen molar-refractivity contribution in [1.29, 1.82) is 0 Å². The highest BCUT2D eigenvalue weighted by Gasteiger charge is 2.30. The van der Waals surface area contributed by atoms with Crippen LogP contribution in [-0.4, -0.2) is 22.0 Å². The van der Waals surface area contributed by atoms with Crippen LogP contribution in [0.5, 0.6) is 0 Å². The molecule has 1 fully saturated rings. The number of amides is 2. The van der Waals surface area contributed by atoms with Gasteiger partial charge in [-0.1, -0.05) is 18.2 Å². The van der Waals surface area contributed by atoms with Crippen LogP contribution in [0.4, 0.5) is 4.79 Å². The Bertz CT molecular complexity index is 878. The zero-order chi connectivity index (χ0) is 18.1. The molecular formula is C21H25N3O2. The summed E-state index contributed by atoms with van der Waals surface area (Å²) in [5.41, 5.74) is 2.04. The molecule has 0 aliphatic carbocycles. The predicted molar refractivity (Wildman–Crippen MR) is 102 cm³/mol. The summed E-state index contributed by atoms with van der Waals surface area (Å²) < 4.78 is 8.01. The third-order valence-corrected chi connectivity index (χ3v) is 5.30. The smallest absolute Gasteiger partial charge is 0.318 e. The molecule has 1 aromatic carbocycles. The minimum Gasteiger partial charge on any atom is -0.459 e. The van der Waals surface area contributed by atoms with E-state index in [1.165, 1.54) is 5.69 Å². The molecule has 5 nitrogen and oxygen atoms in total. The molecule has 1 aliphatic rings. The van der Waals surface area contributed by atoms with Gasteiger partial charge in [-0.25, -0.2) is 4.79 Å². The molecule has 5 heteroatoms. The molecule has 1 aliphatic heterocycles. The number of rotatable bonds is 3. The third-order valence-electron chi connectivity index (χ3n) is 5.30. The van der Waals surface area contributed by atoms with E-state index in [4.69, 9.17) is 4.42 Å². The molecule has 3 heterocycles. The lowest BCUT2D eigenvalue weighted by atomic mass is 9.99. The second kappa shape index (κ2) is 6.90. The summed E-state index contributed by atoms with van der Waals surface area (Å²) in [5, 5.41) is 4.18. The Hall–Kier alpha value is -2.69. The summed E-state index contributed by atoms with van der Waals surface area (Å²) in [6, 6.07) is 14.0. The fraction of sp³-hybridized carbons (Fsp3) is 0.381. The minimum atomic E-state index is -0.175. The van der Waals surface area contributed by atoms with Crippen molar-refractivity contribution in [3.63, 3.8) is 0 Å². The van der Waals surface area contributed by atoms with E-state index in [9.17, 15) is 4.79 Å². The lowest BCUT2D eigenvalue weighted by molar-refractivity contribution is 0.145. The van der Waals surface area contributed by atoms with Crippen LogP contribution in [0.3, 0.4) is 0 Å². The van der Waals surface area contributed by atoms with E-state index in [1.807, 2.05) is 61.5 Å². The predicted octanol–water partition coefficient (Wildman–Crippen LogP) is 4.77. The fourth-order valence-corrected chi connectivity index (χ4v) is 3.86. The van der Waals surface area contributed by atoms with Crippen molar-refractivity contribution in [2.24, 2.45) is 7.05 Å². The van der Waals surface area contributed by atoms with Crippen LogP contribution in [0.1, 0.15) is 49.7 Å². The summed E-state index contributed by atoms with van der Waals surface area (Å²) in [6.45, 7) is 2.76. The van der Waals surface area contributed by atoms with Crippen LogP contribution in [0, 0.1) is 0 Å². The zero-order valence-electron chi connectivity index (χ0n) is 15.3. The third kappa shape index (κ3) is 3.09. The first-order valence-electron chi connectivity index (χ1n) is 9.30. The monoisotopic (exact) mass is 351 g/mol. The number of furan rings is 1. The summed E-state index contributed by atoms with van der Waals surface area (Å²) in [4.78, 5) is 14.9. The Morgan fingerprint density at radius 2 is 2.08 bits per heavy atom. The number of benzene rings is 1. The van der Waals surface area contributed by atoms with Gasteiger partial charge in [0.15, 0.2) is 0 Å². The van der Waals surface area contributed by atoms with Crippen LogP contribution in [0.25, 0.3) is 11.0 Å². The molecule has 1 unspecified atom stereocenters. The van der Waals surface area contributed by atoms with Gasteiger partial charge in [-0.15, -0.1) is 0 Å². The molecule has 0 saturated carbocycles.